The zero-order valence-corrected chi connectivity index (χ0v) is 11.2. The lowest BCUT2D eigenvalue weighted by Gasteiger charge is -2.11. The number of nitrogens with one attached hydrogen (secondary N) is 1. The van der Waals surface area contributed by atoms with Crippen LogP contribution in [0.2, 0.25) is 0 Å². The van der Waals surface area contributed by atoms with Crippen LogP contribution >= 0.6 is 12.2 Å². The quantitative estimate of drug-likeness (QED) is 0.831. The summed E-state index contributed by atoms with van der Waals surface area (Å²) in [4.78, 5) is 0. The minimum Gasteiger partial charge on any atom is -0.298 e. The van der Waals surface area contributed by atoms with Gasteiger partial charge < -0.3 is 0 Å². The van der Waals surface area contributed by atoms with Crippen LogP contribution in [0.25, 0.3) is 11.4 Å². The number of hydrogen-bond donors (Lipinski definition) is 1. The Labute approximate surface area is 105 Å². The third kappa shape index (κ3) is 2.12. The molecule has 1 N–H and O–H groups in total. The van der Waals surface area contributed by atoms with E-state index < -0.39 is 0 Å². The van der Waals surface area contributed by atoms with Gasteiger partial charge in [-0.3, -0.25) is 9.67 Å². The van der Waals surface area contributed by atoms with Crippen LogP contribution < -0.4 is 0 Å². The highest BCUT2D eigenvalue weighted by atomic mass is 32.1. The molecule has 6 heteroatoms. The molecular weight excluding hydrogens is 234 g/mol. The summed E-state index contributed by atoms with van der Waals surface area (Å²) >= 11 is 5.23. The SMILES string of the molecule is Cc1cc(-c2n[nH]c(=S)n2C(C)C)c(C)nn1. The predicted molar refractivity (Wildman–Crippen MR) is 68.3 cm³/mol. The van der Waals surface area contributed by atoms with Gasteiger partial charge in [0.05, 0.1) is 11.4 Å². The Kier molecular flexibility index (Phi) is 3.06. The van der Waals surface area contributed by atoms with Gasteiger partial charge in [-0.25, -0.2) is 0 Å². The van der Waals surface area contributed by atoms with Crippen molar-refractivity contribution < 1.29 is 0 Å². The molecule has 0 amide bonds. The largest absolute Gasteiger partial charge is 0.298 e. The zero-order chi connectivity index (χ0) is 12.6. The molecular formula is C11H15N5S. The Morgan fingerprint density at radius 3 is 2.65 bits per heavy atom. The average molecular weight is 249 g/mol. The number of aryl methyl sites for hydroxylation is 2. The van der Waals surface area contributed by atoms with Crippen molar-refractivity contribution in [2.75, 3.05) is 0 Å². The number of hydrogen-bond acceptors (Lipinski definition) is 4. The monoisotopic (exact) mass is 249 g/mol. The molecule has 17 heavy (non-hydrogen) atoms. The molecule has 0 unspecified atom stereocenters. The van der Waals surface area contributed by atoms with Gasteiger partial charge in [0.25, 0.3) is 0 Å². The Morgan fingerprint density at radius 2 is 2.00 bits per heavy atom. The fourth-order valence-corrected chi connectivity index (χ4v) is 2.09. The second kappa shape index (κ2) is 4.37. The second-order valence-corrected chi connectivity index (χ2v) is 4.69. The summed E-state index contributed by atoms with van der Waals surface area (Å²) in [5, 5.41) is 15.3. The van der Waals surface area contributed by atoms with Gasteiger partial charge in [0.1, 0.15) is 0 Å². The molecule has 0 atom stereocenters. The van der Waals surface area contributed by atoms with Crippen molar-refractivity contribution in [2.24, 2.45) is 0 Å². The van der Waals surface area contributed by atoms with Gasteiger partial charge in [-0.15, -0.1) is 0 Å². The fraction of sp³-hybridized carbons (Fsp3) is 0.455. The van der Waals surface area contributed by atoms with E-state index in [1.807, 2.05) is 24.5 Å². The third-order valence-corrected chi connectivity index (χ3v) is 2.85. The molecule has 5 nitrogen and oxygen atoms in total. The zero-order valence-electron chi connectivity index (χ0n) is 10.4. The first-order valence-corrected chi connectivity index (χ1v) is 5.89. The standard InChI is InChI=1S/C11H15N5S/c1-6(2)16-10(14-15-11(16)17)9-5-7(3)12-13-8(9)4/h5-6H,1-4H3,(H,15,17). The fourth-order valence-electron chi connectivity index (χ4n) is 1.75. The van der Waals surface area contributed by atoms with E-state index in [9.17, 15) is 0 Å². The molecule has 2 aromatic heterocycles. The van der Waals surface area contributed by atoms with Crippen LogP contribution in [0, 0.1) is 18.6 Å². The van der Waals surface area contributed by atoms with Crippen molar-refractivity contribution in [1.29, 1.82) is 0 Å². The van der Waals surface area contributed by atoms with Crippen LogP contribution in [-0.2, 0) is 0 Å². The number of nitrogens with zero attached hydrogens (tertiary/aromatic N) is 4. The molecule has 0 saturated carbocycles. The van der Waals surface area contributed by atoms with Gasteiger partial charge in [-0.1, -0.05) is 0 Å². The molecule has 2 rings (SSSR count). The minimum atomic E-state index is 0.254. The molecule has 0 spiro atoms. The van der Waals surface area contributed by atoms with E-state index in [1.54, 1.807) is 0 Å². The maximum Gasteiger partial charge on any atom is 0.195 e. The molecule has 0 fully saturated rings. The molecule has 0 saturated heterocycles. The predicted octanol–water partition coefficient (Wildman–Crippen LogP) is 2.60. The van der Waals surface area contributed by atoms with Gasteiger partial charge in [0.15, 0.2) is 10.6 Å². The van der Waals surface area contributed by atoms with Crippen LogP contribution in [0.1, 0.15) is 31.3 Å². The molecule has 0 bridgehead atoms. The smallest absolute Gasteiger partial charge is 0.195 e. The van der Waals surface area contributed by atoms with E-state index in [1.165, 1.54) is 0 Å². The van der Waals surface area contributed by atoms with Crippen molar-refractivity contribution in [3.8, 4) is 11.4 Å². The van der Waals surface area contributed by atoms with E-state index in [-0.39, 0.29) is 6.04 Å². The van der Waals surface area contributed by atoms with Crippen LogP contribution in [0.4, 0.5) is 0 Å². The van der Waals surface area contributed by atoms with E-state index in [2.05, 4.69) is 34.2 Å². The topological polar surface area (TPSA) is 59.4 Å². The second-order valence-electron chi connectivity index (χ2n) is 4.30. The van der Waals surface area contributed by atoms with Crippen molar-refractivity contribution in [3.63, 3.8) is 0 Å². The molecule has 0 aliphatic rings. The Morgan fingerprint density at radius 1 is 1.29 bits per heavy atom. The summed E-state index contributed by atoms with van der Waals surface area (Å²) in [5.74, 6) is 0.820. The first-order valence-electron chi connectivity index (χ1n) is 5.49. The Hall–Kier alpha value is -1.56. The Balaban J connectivity index is 2.69. The van der Waals surface area contributed by atoms with Crippen molar-refractivity contribution >= 4 is 12.2 Å². The summed E-state index contributed by atoms with van der Waals surface area (Å²) in [7, 11) is 0. The molecule has 0 aliphatic heterocycles. The van der Waals surface area contributed by atoms with Crippen molar-refractivity contribution in [1.82, 2.24) is 25.0 Å². The van der Waals surface area contributed by atoms with E-state index in [4.69, 9.17) is 12.2 Å². The summed E-state index contributed by atoms with van der Waals surface area (Å²) in [5.41, 5.74) is 2.69. The minimum absolute atomic E-state index is 0.254. The highest BCUT2D eigenvalue weighted by Crippen LogP contribution is 2.23. The molecule has 0 aliphatic carbocycles. The van der Waals surface area contributed by atoms with Crippen molar-refractivity contribution in [2.45, 2.75) is 33.7 Å². The van der Waals surface area contributed by atoms with Gasteiger partial charge in [-0.05, 0) is 46.0 Å². The molecule has 0 radical (unpaired) electrons. The first kappa shape index (κ1) is 11.9. The summed E-state index contributed by atoms with van der Waals surface area (Å²) in [6, 6.07) is 2.23. The summed E-state index contributed by atoms with van der Waals surface area (Å²) in [6.07, 6.45) is 0. The van der Waals surface area contributed by atoms with E-state index in [0.29, 0.717) is 4.77 Å². The highest BCUT2D eigenvalue weighted by Gasteiger charge is 2.14. The van der Waals surface area contributed by atoms with Gasteiger partial charge >= 0.3 is 0 Å². The van der Waals surface area contributed by atoms with Gasteiger partial charge in [0.2, 0.25) is 0 Å². The molecule has 90 valence electrons. The summed E-state index contributed by atoms with van der Waals surface area (Å²) in [6.45, 7) is 7.98. The van der Waals surface area contributed by atoms with Gasteiger partial charge in [-0.2, -0.15) is 15.3 Å². The number of H-pyrrole nitrogens is 1. The number of rotatable bonds is 2. The normalized spacial score (nSPS) is 11.1. The molecule has 0 aromatic carbocycles. The van der Waals surface area contributed by atoms with E-state index in [0.717, 1.165) is 22.8 Å². The van der Waals surface area contributed by atoms with Crippen LogP contribution in [0.5, 0.6) is 0 Å². The van der Waals surface area contributed by atoms with Crippen molar-refractivity contribution in [3.05, 3.63) is 22.2 Å². The van der Waals surface area contributed by atoms with Crippen LogP contribution in [0.3, 0.4) is 0 Å². The number of aromatic amines is 1. The number of aromatic nitrogens is 5. The molecule has 2 aromatic rings. The van der Waals surface area contributed by atoms with Crippen LogP contribution in [-0.4, -0.2) is 25.0 Å². The van der Waals surface area contributed by atoms with Gasteiger partial charge in [0, 0.05) is 11.6 Å². The lowest BCUT2D eigenvalue weighted by atomic mass is 10.2. The van der Waals surface area contributed by atoms with Crippen LogP contribution in [0.15, 0.2) is 6.07 Å². The molecule has 2 heterocycles. The lowest BCUT2D eigenvalue weighted by molar-refractivity contribution is 0.596. The summed E-state index contributed by atoms with van der Waals surface area (Å²) < 4.78 is 2.61. The third-order valence-electron chi connectivity index (χ3n) is 2.56. The maximum absolute atomic E-state index is 5.23. The lowest BCUT2D eigenvalue weighted by Crippen LogP contribution is -2.05. The first-order chi connectivity index (χ1) is 8.00. The van der Waals surface area contributed by atoms with E-state index >= 15 is 0 Å². The Bertz CT molecular complexity index is 596. The highest BCUT2D eigenvalue weighted by molar-refractivity contribution is 7.71. The average Bonchev–Trinajstić information content (AvgIpc) is 2.64. The maximum atomic E-state index is 5.23.